The maximum atomic E-state index is 9.06. The summed E-state index contributed by atoms with van der Waals surface area (Å²) in [5.41, 5.74) is 0.865. The molecule has 1 atom stereocenters. The van der Waals surface area contributed by atoms with E-state index >= 15 is 0 Å². The van der Waals surface area contributed by atoms with Crippen LogP contribution in [-0.4, -0.2) is 56.9 Å². The fourth-order valence-corrected chi connectivity index (χ4v) is 5.01. The quantitative estimate of drug-likeness (QED) is 0.692. The Morgan fingerprint density at radius 3 is 2.81 bits per heavy atom. The Morgan fingerprint density at radius 2 is 2.08 bits per heavy atom. The second kappa shape index (κ2) is 10.1. The fraction of sp³-hybridized carbons (Fsp3) is 0.684. The maximum Gasteiger partial charge on any atom is 0.142 e. The molecule has 0 amide bonds. The van der Waals surface area contributed by atoms with Crippen LogP contribution < -0.4 is 5.32 Å². The standard InChI is InChI=1S/C12H23NOS.C7H8N4/c14-9-12-6-7-13(8-12)15-10-11-4-2-1-3-5-11;1-8-6-5-2-3-9-7(5)11-4-10-6/h11-12,14H,1-10H2;2-4H,1H3,(H2,8,9,10,11)/t12-;/m0./s1. The van der Waals surface area contributed by atoms with E-state index in [4.69, 9.17) is 5.11 Å². The summed E-state index contributed by atoms with van der Waals surface area (Å²) in [6.45, 7) is 2.66. The van der Waals surface area contributed by atoms with Crippen LogP contribution in [0.4, 0.5) is 5.82 Å². The smallest absolute Gasteiger partial charge is 0.142 e. The number of nitrogens with one attached hydrogen (secondary N) is 2. The van der Waals surface area contributed by atoms with Gasteiger partial charge in [-0.2, -0.15) is 0 Å². The van der Waals surface area contributed by atoms with Crippen molar-refractivity contribution in [3.05, 3.63) is 18.6 Å². The van der Waals surface area contributed by atoms with Crippen LogP contribution in [0.3, 0.4) is 0 Å². The molecule has 144 valence electrons. The van der Waals surface area contributed by atoms with E-state index < -0.39 is 0 Å². The van der Waals surface area contributed by atoms with E-state index in [2.05, 4.69) is 24.6 Å². The first-order chi connectivity index (χ1) is 12.8. The molecule has 1 aliphatic carbocycles. The molecule has 2 aliphatic rings. The van der Waals surface area contributed by atoms with Crippen LogP contribution in [0.5, 0.6) is 0 Å². The molecule has 0 bridgehead atoms. The summed E-state index contributed by atoms with van der Waals surface area (Å²) in [5, 5.41) is 13.1. The second-order valence-corrected chi connectivity index (χ2v) is 8.35. The molecule has 3 heterocycles. The number of rotatable bonds is 5. The van der Waals surface area contributed by atoms with Gasteiger partial charge in [-0.15, -0.1) is 0 Å². The van der Waals surface area contributed by atoms with Crippen molar-refractivity contribution in [2.75, 3.05) is 37.8 Å². The van der Waals surface area contributed by atoms with Gasteiger partial charge in [0.1, 0.15) is 17.8 Å². The third-order valence-electron chi connectivity index (χ3n) is 5.32. The molecule has 2 aromatic rings. The van der Waals surface area contributed by atoms with E-state index in [-0.39, 0.29) is 0 Å². The first-order valence-electron chi connectivity index (χ1n) is 9.74. The van der Waals surface area contributed by atoms with Gasteiger partial charge in [-0.3, -0.25) is 4.31 Å². The zero-order chi connectivity index (χ0) is 18.2. The molecular formula is C19H31N5OS. The number of aliphatic hydroxyl groups is 1. The van der Waals surface area contributed by atoms with Crippen molar-refractivity contribution in [1.82, 2.24) is 19.3 Å². The molecule has 0 aromatic carbocycles. The summed E-state index contributed by atoms with van der Waals surface area (Å²) >= 11 is 2.03. The van der Waals surface area contributed by atoms with E-state index in [1.54, 1.807) is 0 Å². The number of nitrogens with zero attached hydrogens (tertiary/aromatic N) is 3. The highest BCUT2D eigenvalue weighted by Crippen LogP contribution is 2.30. The van der Waals surface area contributed by atoms with Gasteiger partial charge in [0, 0.05) is 38.7 Å². The Hall–Kier alpha value is -1.31. The van der Waals surface area contributed by atoms with E-state index in [1.165, 1.54) is 57.1 Å². The minimum Gasteiger partial charge on any atom is -0.396 e. The summed E-state index contributed by atoms with van der Waals surface area (Å²) in [6, 6.07) is 1.95. The van der Waals surface area contributed by atoms with E-state index in [0.717, 1.165) is 29.3 Å². The lowest BCUT2D eigenvalue weighted by Crippen LogP contribution is -2.17. The highest BCUT2D eigenvalue weighted by Gasteiger charge is 2.23. The number of aromatic amines is 1. The third-order valence-corrected chi connectivity index (χ3v) is 6.63. The first-order valence-corrected chi connectivity index (χ1v) is 10.7. The Morgan fingerprint density at radius 1 is 1.23 bits per heavy atom. The molecule has 6 nitrogen and oxygen atoms in total. The number of anilines is 1. The number of H-pyrrole nitrogens is 1. The van der Waals surface area contributed by atoms with Crippen molar-refractivity contribution >= 4 is 28.8 Å². The topological polar surface area (TPSA) is 77.1 Å². The van der Waals surface area contributed by atoms with Gasteiger partial charge in [0.15, 0.2) is 0 Å². The SMILES string of the molecule is CNc1ncnc2[nH]ccc12.OC[C@H]1CCN(SCC2CCCCC2)C1. The predicted molar refractivity (Wildman–Crippen MR) is 109 cm³/mol. The molecule has 1 aliphatic heterocycles. The molecule has 0 unspecified atom stereocenters. The Kier molecular flexibility index (Phi) is 7.58. The number of aliphatic hydroxyl groups excluding tert-OH is 1. The molecule has 4 rings (SSSR count). The predicted octanol–water partition coefficient (Wildman–Crippen LogP) is 3.53. The summed E-state index contributed by atoms with van der Waals surface area (Å²) in [6.07, 6.45) is 11.8. The average Bonchev–Trinajstić information content (AvgIpc) is 3.36. The van der Waals surface area contributed by atoms with Gasteiger partial charge >= 0.3 is 0 Å². The fourth-order valence-electron chi connectivity index (χ4n) is 3.70. The minimum atomic E-state index is 0.375. The van der Waals surface area contributed by atoms with Gasteiger partial charge in [-0.1, -0.05) is 31.2 Å². The van der Waals surface area contributed by atoms with Crippen molar-refractivity contribution in [3.63, 3.8) is 0 Å². The molecule has 2 fully saturated rings. The van der Waals surface area contributed by atoms with Crippen LogP contribution in [0, 0.1) is 11.8 Å². The molecule has 1 saturated heterocycles. The van der Waals surface area contributed by atoms with Crippen LogP contribution in [0.25, 0.3) is 11.0 Å². The van der Waals surface area contributed by atoms with Crippen molar-refractivity contribution in [1.29, 1.82) is 0 Å². The summed E-state index contributed by atoms with van der Waals surface area (Å²) in [7, 11) is 1.84. The van der Waals surface area contributed by atoms with E-state index in [0.29, 0.717) is 12.5 Å². The average molecular weight is 378 g/mol. The van der Waals surface area contributed by atoms with Crippen molar-refractivity contribution in [2.24, 2.45) is 11.8 Å². The Bertz CT molecular complexity index is 658. The molecule has 0 spiro atoms. The number of fused-ring (bicyclic) bond motifs is 1. The van der Waals surface area contributed by atoms with Crippen molar-refractivity contribution in [2.45, 2.75) is 38.5 Å². The van der Waals surface area contributed by atoms with Gasteiger partial charge in [-0.05, 0) is 37.2 Å². The molecule has 2 aromatic heterocycles. The van der Waals surface area contributed by atoms with Crippen molar-refractivity contribution < 1.29 is 5.11 Å². The monoisotopic (exact) mass is 377 g/mol. The highest BCUT2D eigenvalue weighted by molar-refractivity contribution is 7.97. The third kappa shape index (κ3) is 5.34. The number of hydrogen-bond acceptors (Lipinski definition) is 6. The molecular weight excluding hydrogens is 346 g/mol. The largest absolute Gasteiger partial charge is 0.396 e. The molecule has 0 radical (unpaired) electrons. The molecule has 26 heavy (non-hydrogen) atoms. The molecule has 3 N–H and O–H groups in total. The summed E-state index contributed by atoms with van der Waals surface area (Å²) < 4.78 is 2.47. The van der Waals surface area contributed by atoms with E-state index in [1.807, 2.05) is 31.3 Å². The number of aromatic nitrogens is 3. The first kappa shape index (κ1) is 19.5. The van der Waals surface area contributed by atoms with Crippen LogP contribution >= 0.6 is 11.9 Å². The highest BCUT2D eigenvalue weighted by atomic mass is 32.2. The Balaban J connectivity index is 0.000000158. The lowest BCUT2D eigenvalue weighted by molar-refractivity contribution is 0.234. The van der Waals surface area contributed by atoms with Gasteiger partial charge in [0.2, 0.25) is 0 Å². The number of hydrogen-bond donors (Lipinski definition) is 3. The van der Waals surface area contributed by atoms with Crippen LogP contribution in [-0.2, 0) is 0 Å². The van der Waals surface area contributed by atoms with Gasteiger partial charge in [0.05, 0.1) is 5.39 Å². The summed E-state index contributed by atoms with van der Waals surface area (Å²) in [4.78, 5) is 11.1. The zero-order valence-electron chi connectivity index (χ0n) is 15.7. The maximum absolute atomic E-state index is 9.06. The van der Waals surface area contributed by atoms with E-state index in [9.17, 15) is 0 Å². The molecule has 7 heteroatoms. The van der Waals surface area contributed by atoms with Crippen LogP contribution in [0.2, 0.25) is 0 Å². The second-order valence-electron chi connectivity index (χ2n) is 7.24. The normalized spacial score (nSPS) is 21.5. The molecule has 1 saturated carbocycles. The zero-order valence-corrected chi connectivity index (χ0v) is 16.5. The lowest BCUT2D eigenvalue weighted by atomic mass is 9.91. The lowest BCUT2D eigenvalue weighted by Gasteiger charge is -2.23. The van der Waals surface area contributed by atoms with Gasteiger partial charge in [-0.25, -0.2) is 9.97 Å². The van der Waals surface area contributed by atoms with Gasteiger partial charge in [0.25, 0.3) is 0 Å². The van der Waals surface area contributed by atoms with Crippen molar-refractivity contribution in [3.8, 4) is 0 Å². The van der Waals surface area contributed by atoms with Crippen LogP contribution in [0.15, 0.2) is 18.6 Å². The van der Waals surface area contributed by atoms with Crippen LogP contribution in [0.1, 0.15) is 38.5 Å². The summed E-state index contributed by atoms with van der Waals surface area (Å²) in [5.74, 6) is 3.69. The Labute approximate surface area is 160 Å². The van der Waals surface area contributed by atoms with Gasteiger partial charge < -0.3 is 15.4 Å². The minimum absolute atomic E-state index is 0.375.